The average Bonchev–Trinajstić information content (AvgIpc) is 2.84. The molecule has 0 amide bonds. The molecule has 180 valence electrons. The Balaban J connectivity index is 1.66. The quantitative estimate of drug-likeness (QED) is 0.185. The summed E-state index contributed by atoms with van der Waals surface area (Å²) in [6.45, 7) is 2.30. The van der Waals surface area contributed by atoms with E-state index >= 15 is 0 Å². The van der Waals surface area contributed by atoms with Crippen LogP contribution in [0.25, 0.3) is 10.9 Å². The fourth-order valence-electron chi connectivity index (χ4n) is 3.38. The largest absolute Gasteiger partial charge is 0.493 e. The molecule has 35 heavy (non-hydrogen) atoms. The summed E-state index contributed by atoms with van der Waals surface area (Å²) in [6, 6.07) is 15.0. The Morgan fingerprint density at radius 2 is 1.71 bits per heavy atom. The Morgan fingerprint density at radius 3 is 2.43 bits per heavy atom. The summed E-state index contributed by atoms with van der Waals surface area (Å²) in [5.74, 6) is 1.70. The van der Waals surface area contributed by atoms with E-state index in [0.29, 0.717) is 41.3 Å². The maximum absolute atomic E-state index is 13.1. The Labute approximate surface area is 235 Å². The van der Waals surface area contributed by atoms with Crippen molar-refractivity contribution in [3.63, 3.8) is 0 Å². The molecule has 0 saturated heterocycles. The maximum atomic E-state index is 13.1. The first kappa shape index (κ1) is 26.1. The van der Waals surface area contributed by atoms with Crippen LogP contribution in [0.4, 0.5) is 0 Å². The summed E-state index contributed by atoms with van der Waals surface area (Å²) in [4.78, 5) is 17.7. The molecule has 0 aliphatic heterocycles. The maximum Gasteiger partial charge on any atom is 0.282 e. The molecule has 10 heteroatoms. The van der Waals surface area contributed by atoms with Crippen molar-refractivity contribution < 1.29 is 9.47 Å². The molecular weight excluding hydrogens is 710 g/mol. The molecule has 0 radical (unpaired) electrons. The number of benzene rings is 3. The van der Waals surface area contributed by atoms with Crippen LogP contribution in [-0.4, -0.2) is 23.0 Å². The Morgan fingerprint density at radius 1 is 0.971 bits per heavy atom. The highest BCUT2D eigenvalue weighted by atomic mass is 79.9. The molecule has 0 fully saturated rings. The normalized spacial score (nSPS) is 11.4. The average molecular weight is 729 g/mol. The van der Waals surface area contributed by atoms with Crippen molar-refractivity contribution in [3.8, 4) is 11.5 Å². The summed E-state index contributed by atoms with van der Waals surface area (Å²) in [5, 5.41) is 4.96. The number of methoxy groups -OCH3 is 1. The van der Waals surface area contributed by atoms with Crippen LogP contribution in [0.3, 0.4) is 0 Å². The number of fused-ring (bicyclic) bond motifs is 1. The molecule has 1 heterocycles. The Kier molecular flexibility index (Phi) is 8.46. The highest BCUT2D eigenvalue weighted by Gasteiger charge is 2.13. The Bertz CT molecular complexity index is 1500. The first-order valence-electron chi connectivity index (χ1n) is 10.5. The van der Waals surface area contributed by atoms with Crippen molar-refractivity contribution in [2.75, 3.05) is 7.11 Å². The van der Waals surface area contributed by atoms with Gasteiger partial charge in [-0.1, -0.05) is 60.8 Å². The molecule has 0 N–H and O–H groups in total. The van der Waals surface area contributed by atoms with E-state index in [1.807, 2.05) is 43.3 Å². The molecule has 0 atom stereocenters. The van der Waals surface area contributed by atoms with Crippen LogP contribution in [0.5, 0.6) is 11.5 Å². The van der Waals surface area contributed by atoms with Gasteiger partial charge < -0.3 is 9.47 Å². The predicted molar refractivity (Wildman–Crippen MR) is 153 cm³/mol. The lowest BCUT2D eigenvalue weighted by Crippen LogP contribution is -2.22. The second kappa shape index (κ2) is 11.4. The topological polar surface area (TPSA) is 65.7 Å². The molecule has 3 aromatic carbocycles. The van der Waals surface area contributed by atoms with Gasteiger partial charge in [0.05, 0.1) is 24.2 Å². The number of halogens is 4. The second-order valence-corrected chi connectivity index (χ2v) is 11.0. The van der Waals surface area contributed by atoms with Crippen LogP contribution in [-0.2, 0) is 13.0 Å². The van der Waals surface area contributed by atoms with E-state index in [9.17, 15) is 4.79 Å². The molecule has 0 spiro atoms. The molecule has 4 aromatic rings. The minimum atomic E-state index is -0.229. The zero-order valence-corrected chi connectivity index (χ0v) is 25.0. The number of hydrogen-bond acceptors (Lipinski definition) is 5. The molecule has 0 unspecified atom stereocenters. The summed E-state index contributed by atoms with van der Waals surface area (Å²) in [6.07, 6.45) is 2.16. The SMILES string of the molecule is CCc1nc2ccc(Br)cc2c(=O)n1N=Cc1cc(OC)c(OCc2ccc(Br)cc2Br)cc1Br. The lowest BCUT2D eigenvalue weighted by atomic mass is 10.2. The van der Waals surface area contributed by atoms with Crippen LogP contribution in [0.15, 0.2) is 76.3 Å². The number of aromatic nitrogens is 2. The molecule has 0 aliphatic carbocycles. The van der Waals surface area contributed by atoms with Gasteiger partial charge in [-0.15, -0.1) is 0 Å². The number of nitrogens with zero attached hydrogens (tertiary/aromatic N) is 3. The summed E-state index contributed by atoms with van der Waals surface area (Å²) in [7, 11) is 1.58. The van der Waals surface area contributed by atoms with E-state index in [4.69, 9.17) is 9.47 Å². The number of aryl methyl sites for hydroxylation is 1. The fraction of sp³-hybridized carbons (Fsp3) is 0.160. The molecule has 0 bridgehead atoms. The first-order chi connectivity index (χ1) is 16.8. The molecule has 0 saturated carbocycles. The van der Waals surface area contributed by atoms with Crippen LogP contribution < -0.4 is 15.0 Å². The van der Waals surface area contributed by atoms with Gasteiger partial charge in [0.2, 0.25) is 0 Å². The lowest BCUT2D eigenvalue weighted by molar-refractivity contribution is 0.283. The van der Waals surface area contributed by atoms with Crippen LogP contribution in [0.2, 0.25) is 0 Å². The van der Waals surface area contributed by atoms with Gasteiger partial charge in [-0.3, -0.25) is 4.79 Å². The van der Waals surface area contributed by atoms with Gasteiger partial charge in [0, 0.05) is 35.4 Å². The van der Waals surface area contributed by atoms with Gasteiger partial charge in [-0.25, -0.2) is 4.98 Å². The van der Waals surface area contributed by atoms with Gasteiger partial charge >= 0.3 is 0 Å². The smallest absolute Gasteiger partial charge is 0.282 e. The minimum absolute atomic E-state index is 0.229. The fourth-order valence-corrected chi connectivity index (χ4v) is 5.33. The third-order valence-corrected chi connectivity index (χ3v) is 7.60. The number of ether oxygens (including phenoxy) is 2. The predicted octanol–water partition coefficient (Wildman–Crippen LogP) is 7.48. The van der Waals surface area contributed by atoms with E-state index in [0.717, 1.165) is 29.0 Å². The molecule has 4 rings (SSSR count). The standard InChI is InChI=1S/C25H19Br4N3O3/c1-3-24-31-21-7-6-16(26)9-18(21)25(33)32(24)30-12-15-8-22(34-2)23(11-20(15)29)35-13-14-4-5-17(27)10-19(14)28/h4-12H,3,13H2,1-2H3. The van der Waals surface area contributed by atoms with Gasteiger partial charge in [0.25, 0.3) is 5.56 Å². The third kappa shape index (κ3) is 5.87. The molecule has 0 aliphatic rings. The summed E-state index contributed by atoms with van der Waals surface area (Å²) < 4.78 is 16.4. The second-order valence-electron chi connectivity index (χ2n) is 7.45. The van der Waals surface area contributed by atoms with Crippen LogP contribution in [0, 0.1) is 0 Å². The van der Waals surface area contributed by atoms with E-state index in [-0.39, 0.29) is 5.56 Å². The van der Waals surface area contributed by atoms with Crippen molar-refractivity contribution in [2.45, 2.75) is 20.0 Å². The van der Waals surface area contributed by atoms with Gasteiger partial charge in [-0.05, 0) is 58.4 Å². The van der Waals surface area contributed by atoms with E-state index in [1.165, 1.54) is 4.68 Å². The highest BCUT2D eigenvalue weighted by Crippen LogP contribution is 2.34. The molecular formula is C25H19Br4N3O3. The van der Waals surface area contributed by atoms with Gasteiger partial charge in [-0.2, -0.15) is 9.78 Å². The summed E-state index contributed by atoms with van der Waals surface area (Å²) >= 11 is 14.0. The van der Waals surface area contributed by atoms with Gasteiger partial charge in [0.15, 0.2) is 11.5 Å². The number of rotatable bonds is 7. The highest BCUT2D eigenvalue weighted by molar-refractivity contribution is 9.11. The van der Waals surface area contributed by atoms with E-state index in [2.05, 4.69) is 73.8 Å². The van der Waals surface area contributed by atoms with E-state index in [1.54, 1.807) is 25.5 Å². The molecule has 6 nitrogen and oxygen atoms in total. The van der Waals surface area contributed by atoms with Crippen molar-refractivity contribution in [3.05, 3.63) is 93.7 Å². The Hall–Kier alpha value is -2.01. The van der Waals surface area contributed by atoms with E-state index < -0.39 is 0 Å². The van der Waals surface area contributed by atoms with Crippen molar-refractivity contribution in [1.29, 1.82) is 0 Å². The van der Waals surface area contributed by atoms with Crippen LogP contribution in [0.1, 0.15) is 23.9 Å². The summed E-state index contributed by atoms with van der Waals surface area (Å²) in [5.41, 5.74) is 2.14. The van der Waals surface area contributed by atoms with Crippen molar-refractivity contribution in [2.24, 2.45) is 5.10 Å². The van der Waals surface area contributed by atoms with Crippen LogP contribution >= 0.6 is 63.7 Å². The minimum Gasteiger partial charge on any atom is -0.493 e. The first-order valence-corrected chi connectivity index (χ1v) is 13.7. The third-order valence-electron chi connectivity index (χ3n) is 5.19. The van der Waals surface area contributed by atoms with Crippen molar-refractivity contribution in [1.82, 2.24) is 9.66 Å². The van der Waals surface area contributed by atoms with Gasteiger partial charge in [0.1, 0.15) is 12.4 Å². The number of hydrogen-bond donors (Lipinski definition) is 0. The monoisotopic (exact) mass is 725 g/mol. The zero-order chi connectivity index (χ0) is 25.1. The molecule has 1 aromatic heterocycles. The lowest BCUT2D eigenvalue weighted by Gasteiger charge is -2.14. The van der Waals surface area contributed by atoms with Crippen molar-refractivity contribution >= 4 is 80.8 Å². The zero-order valence-electron chi connectivity index (χ0n) is 18.7.